The highest BCUT2D eigenvalue weighted by atomic mass is 35.5. The van der Waals surface area contributed by atoms with E-state index in [1.165, 1.54) is 19.2 Å². The Morgan fingerprint density at radius 1 is 1.29 bits per heavy atom. The van der Waals surface area contributed by atoms with E-state index in [1.54, 1.807) is 13.8 Å². The van der Waals surface area contributed by atoms with E-state index in [4.69, 9.17) is 27.9 Å². The second kappa shape index (κ2) is 5.44. The molecule has 0 aliphatic heterocycles. The molecule has 96 valence electrons. The van der Waals surface area contributed by atoms with Gasteiger partial charge in [0.05, 0.1) is 12.1 Å². The van der Waals surface area contributed by atoms with Gasteiger partial charge >= 0.3 is 0 Å². The molecule has 0 aliphatic carbocycles. The van der Waals surface area contributed by atoms with E-state index in [2.05, 4.69) is 4.72 Å². The van der Waals surface area contributed by atoms with E-state index >= 15 is 0 Å². The Morgan fingerprint density at radius 2 is 1.88 bits per heavy atom. The molecule has 0 saturated carbocycles. The van der Waals surface area contributed by atoms with Crippen molar-refractivity contribution in [1.29, 1.82) is 0 Å². The summed E-state index contributed by atoms with van der Waals surface area (Å²) in [7, 11) is -2.34. The number of methoxy groups -OCH3 is 1. The summed E-state index contributed by atoms with van der Waals surface area (Å²) in [6, 6.07) is 2.50. The van der Waals surface area contributed by atoms with Crippen molar-refractivity contribution in [1.82, 2.24) is 4.72 Å². The highest BCUT2D eigenvalue weighted by Gasteiger charge is 2.23. The highest BCUT2D eigenvalue weighted by molar-refractivity contribution is 7.89. The Morgan fingerprint density at radius 3 is 2.35 bits per heavy atom. The molecule has 1 rings (SSSR count). The molecule has 0 aromatic heterocycles. The van der Waals surface area contributed by atoms with Gasteiger partial charge in [0.15, 0.2) is 5.75 Å². The Kier molecular flexibility index (Phi) is 4.66. The molecule has 1 N–H and O–H groups in total. The van der Waals surface area contributed by atoms with Gasteiger partial charge in [0.1, 0.15) is 4.90 Å². The first-order valence-corrected chi connectivity index (χ1v) is 7.07. The number of hydrogen-bond acceptors (Lipinski definition) is 3. The summed E-state index contributed by atoms with van der Waals surface area (Å²) in [4.78, 5) is -0.0637. The van der Waals surface area contributed by atoms with Gasteiger partial charge in [-0.3, -0.25) is 0 Å². The first-order chi connectivity index (χ1) is 7.77. The van der Waals surface area contributed by atoms with Gasteiger partial charge in [-0.1, -0.05) is 23.2 Å². The molecule has 0 saturated heterocycles. The van der Waals surface area contributed by atoms with Gasteiger partial charge in [-0.05, 0) is 26.0 Å². The molecule has 1 aromatic carbocycles. The van der Waals surface area contributed by atoms with Crippen LogP contribution in [-0.4, -0.2) is 21.6 Å². The summed E-state index contributed by atoms with van der Waals surface area (Å²) >= 11 is 11.7. The fourth-order valence-corrected chi connectivity index (χ4v) is 3.47. The number of sulfonamides is 1. The molecular weight excluding hydrogens is 285 g/mol. The maximum Gasteiger partial charge on any atom is 0.244 e. The fraction of sp³-hybridized carbons (Fsp3) is 0.400. The lowest BCUT2D eigenvalue weighted by molar-refractivity contribution is 0.402. The molecule has 0 amide bonds. The van der Waals surface area contributed by atoms with E-state index in [1.807, 2.05) is 0 Å². The number of hydrogen-bond donors (Lipinski definition) is 1. The number of rotatable bonds is 4. The first-order valence-electron chi connectivity index (χ1n) is 4.83. The van der Waals surface area contributed by atoms with Crippen LogP contribution in [0.5, 0.6) is 5.75 Å². The monoisotopic (exact) mass is 297 g/mol. The van der Waals surface area contributed by atoms with Crippen molar-refractivity contribution in [2.75, 3.05) is 7.11 Å². The van der Waals surface area contributed by atoms with E-state index in [9.17, 15) is 8.42 Å². The van der Waals surface area contributed by atoms with Crippen LogP contribution in [0.4, 0.5) is 0 Å². The van der Waals surface area contributed by atoms with Crippen molar-refractivity contribution in [2.45, 2.75) is 24.8 Å². The van der Waals surface area contributed by atoms with Crippen LogP contribution >= 0.6 is 23.2 Å². The van der Waals surface area contributed by atoms with Gasteiger partial charge in [-0.2, -0.15) is 0 Å². The maximum atomic E-state index is 12.0. The van der Waals surface area contributed by atoms with Crippen molar-refractivity contribution in [3.8, 4) is 5.75 Å². The average Bonchev–Trinajstić information content (AvgIpc) is 2.14. The zero-order valence-corrected chi connectivity index (χ0v) is 11.9. The van der Waals surface area contributed by atoms with Gasteiger partial charge in [0.25, 0.3) is 0 Å². The largest absolute Gasteiger partial charge is 0.494 e. The molecule has 0 aliphatic rings. The summed E-state index contributed by atoms with van der Waals surface area (Å²) in [5.41, 5.74) is 0. The standard InChI is InChI=1S/C10H13Cl2NO3S/c1-6(2)13-17(14,15)9-5-7(11)4-8(12)10(9)16-3/h4-6,13H,1-3H3. The molecular formula is C10H13Cl2NO3S. The molecule has 0 fully saturated rings. The van der Waals surface area contributed by atoms with Gasteiger partial charge in [0.2, 0.25) is 10.0 Å². The second-order valence-corrected chi connectivity index (χ2v) is 6.22. The molecule has 0 unspecified atom stereocenters. The predicted octanol–water partition coefficient (Wildman–Crippen LogP) is 2.69. The van der Waals surface area contributed by atoms with Gasteiger partial charge in [-0.15, -0.1) is 0 Å². The summed E-state index contributed by atoms with van der Waals surface area (Å²) in [6.07, 6.45) is 0. The lowest BCUT2D eigenvalue weighted by Gasteiger charge is -2.14. The van der Waals surface area contributed by atoms with Crippen LogP contribution in [-0.2, 0) is 10.0 Å². The summed E-state index contributed by atoms with van der Waals surface area (Å²) in [5.74, 6) is 0.0872. The van der Waals surface area contributed by atoms with Gasteiger partial charge in [-0.25, -0.2) is 13.1 Å². The SMILES string of the molecule is COc1c(Cl)cc(Cl)cc1S(=O)(=O)NC(C)C. The zero-order valence-electron chi connectivity index (χ0n) is 9.62. The summed E-state index contributed by atoms with van der Waals surface area (Å²) in [5, 5.41) is 0.393. The number of benzene rings is 1. The number of nitrogens with one attached hydrogen (secondary N) is 1. The van der Waals surface area contributed by atoms with Gasteiger partial charge < -0.3 is 4.74 Å². The molecule has 4 nitrogen and oxygen atoms in total. The van der Waals surface area contributed by atoms with Crippen LogP contribution in [0.25, 0.3) is 0 Å². The molecule has 0 radical (unpaired) electrons. The summed E-state index contributed by atoms with van der Waals surface area (Å²) < 4.78 is 31.5. The van der Waals surface area contributed by atoms with Gasteiger partial charge in [0, 0.05) is 11.1 Å². The summed E-state index contributed by atoms with van der Waals surface area (Å²) in [6.45, 7) is 3.44. The molecule has 0 spiro atoms. The van der Waals surface area contributed by atoms with Crippen molar-refractivity contribution in [3.63, 3.8) is 0 Å². The van der Waals surface area contributed by atoms with Crippen LogP contribution in [0.2, 0.25) is 10.0 Å². The number of halogens is 2. The Hall–Kier alpha value is -0.490. The van der Waals surface area contributed by atoms with E-state index in [0.717, 1.165) is 0 Å². The third-order valence-corrected chi connectivity index (χ3v) is 4.02. The second-order valence-electron chi connectivity index (χ2n) is 3.69. The molecule has 17 heavy (non-hydrogen) atoms. The van der Waals surface area contributed by atoms with Crippen molar-refractivity contribution >= 4 is 33.2 Å². The molecule has 1 aromatic rings. The van der Waals surface area contributed by atoms with Crippen LogP contribution < -0.4 is 9.46 Å². The Bertz CT molecular complexity index is 515. The molecule has 0 bridgehead atoms. The van der Waals surface area contributed by atoms with Crippen molar-refractivity contribution < 1.29 is 13.2 Å². The van der Waals surface area contributed by atoms with Crippen molar-refractivity contribution in [2.24, 2.45) is 0 Å². The van der Waals surface area contributed by atoms with Crippen LogP contribution in [0.1, 0.15) is 13.8 Å². The zero-order chi connectivity index (χ0) is 13.2. The molecule has 7 heteroatoms. The third kappa shape index (κ3) is 3.48. The average molecular weight is 298 g/mol. The van der Waals surface area contributed by atoms with E-state index in [-0.39, 0.29) is 26.7 Å². The number of ether oxygens (including phenoxy) is 1. The van der Waals surface area contributed by atoms with Crippen LogP contribution in [0.15, 0.2) is 17.0 Å². The lowest BCUT2D eigenvalue weighted by Crippen LogP contribution is -2.30. The lowest BCUT2D eigenvalue weighted by atomic mass is 10.3. The molecule has 0 heterocycles. The fourth-order valence-electron chi connectivity index (χ4n) is 1.31. The highest BCUT2D eigenvalue weighted by Crippen LogP contribution is 2.35. The van der Waals surface area contributed by atoms with Crippen molar-refractivity contribution in [3.05, 3.63) is 22.2 Å². The minimum Gasteiger partial charge on any atom is -0.494 e. The Balaban J connectivity index is 3.39. The first kappa shape index (κ1) is 14.6. The van der Waals surface area contributed by atoms with Crippen LogP contribution in [0, 0.1) is 0 Å². The molecule has 0 atom stereocenters. The predicted molar refractivity (Wildman–Crippen MR) is 68.5 cm³/mol. The minimum absolute atomic E-state index is 0.0637. The Labute approximate surface area is 111 Å². The van der Waals surface area contributed by atoms with E-state index < -0.39 is 10.0 Å². The van der Waals surface area contributed by atoms with E-state index in [0.29, 0.717) is 0 Å². The topological polar surface area (TPSA) is 55.4 Å². The minimum atomic E-state index is -3.69. The quantitative estimate of drug-likeness (QED) is 0.930. The third-order valence-electron chi connectivity index (χ3n) is 1.86. The normalized spacial score (nSPS) is 11.9. The smallest absolute Gasteiger partial charge is 0.244 e. The maximum absolute atomic E-state index is 12.0. The van der Waals surface area contributed by atoms with Crippen LogP contribution in [0.3, 0.4) is 0 Å².